The monoisotopic (exact) mass is 377 g/mol. The van der Waals surface area contributed by atoms with Gasteiger partial charge in [-0.1, -0.05) is 28.1 Å². The number of aryl methyl sites for hydroxylation is 3. The molecule has 0 aromatic heterocycles. The van der Waals surface area contributed by atoms with Gasteiger partial charge in [-0.05, 0) is 55.7 Å². The molecule has 5 heteroatoms. The van der Waals surface area contributed by atoms with Crippen molar-refractivity contribution in [2.24, 2.45) is 0 Å². The fourth-order valence-corrected chi connectivity index (χ4v) is 2.70. The molecular weight excluding hydrogens is 358 g/mol. The van der Waals surface area contributed by atoms with E-state index < -0.39 is 6.09 Å². The molecule has 0 atom stereocenters. The van der Waals surface area contributed by atoms with E-state index in [4.69, 9.17) is 4.74 Å². The molecule has 0 radical (unpaired) electrons. The molecule has 0 aliphatic carbocycles. The van der Waals surface area contributed by atoms with Crippen LogP contribution in [-0.4, -0.2) is 13.2 Å². The molecule has 1 N–H and O–H groups in total. The fourth-order valence-electron chi connectivity index (χ4n) is 2.22. The Morgan fingerprint density at radius 1 is 1.13 bits per heavy atom. The van der Waals surface area contributed by atoms with Crippen molar-refractivity contribution in [1.29, 1.82) is 0 Å². The molecule has 23 heavy (non-hydrogen) atoms. The van der Waals surface area contributed by atoms with Crippen LogP contribution in [-0.2, 0) is 11.3 Å². The van der Waals surface area contributed by atoms with Crippen LogP contribution in [0.4, 0.5) is 10.5 Å². The summed E-state index contributed by atoms with van der Waals surface area (Å²) in [6.45, 7) is 6.50. The number of carbonyl (C=O) groups excluding carboxylic acids is 1. The molecule has 1 amide bonds. The van der Waals surface area contributed by atoms with E-state index in [-0.39, 0.29) is 0 Å². The molecule has 0 unspecified atom stereocenters. The van der Waals surface area contributed by atoms with E-state index in [2.05, 4.69) is 45.9 Å². The number of ether oxygens (including phenoxy) is 2. The summed E-state index contributed by atoms with van der Waals surface area (Å²) >= 11 is 3.51. The topological polar surface area (TPSA) is 47.6 Å². The van der Waals surface area contributed by atoms with E-state index in [0.29, 0.717) is 12.3 Å². The largest absolute Gasteiger partial charge is 0.489 e. The highest BCUT2D eigenvalue weighted by molar-refractivity contribution is 9.10. The van der Waals surface area contributed by atoms with E-state index >= 15 is 0 Å². The van der Waals surface area contributed by atoms with Crippen molar-refractivity contribution in [3.05, 3.63) is 57.1 Å². The van der Waals surface area contributed by atoms with Crippen molar-refractivity contribution < 1.29 is 14.3 Å². The SMILES string of the molecule is COC(=O)Nc1cccc(Br)c1COc1cc(C)c(C)cc1C. The lowest BCUT2D eigenvalue weighted by molar-refractivity contribution is 0.187. The molecule has 2 aromatic rings. The Morgan fingerprint density at radius 3 is 2.52 bits per heavy atom. The van der Waals surface area contributed by atoms with Crippen molar-refractivity contribution in [3.63, 3.8) is 0 Å². The van der Waals surface area contributed by atoms with Gasteiger partial charge in [-0.3, -0.25) is 5.32 Å². The number of anilines is 1. The lowest BCUT2D eigenvalue weighted by Gasteiger charge is -2.15. The Kier molecular flexibility index (Phi) is 5.66. The second-order valence-corrected chi connectivity index (χ2v) is 6.23. The zero-order chi connectivity index (χ0) is 17.0. The summed E-state index contributed by atoms with van der Waals surface area (Å²) in [6, 6.07) is 9.72. The molecule has 0 aliphatic rings. The zero-order valence-corrected chi connectivity index (χ0v) is 15.3. The molecule has 0 saturated heterocycles. The third kappa shape index (κ3) is 4.26. The second-order valence-electron chi connectivity index (χ2n) is 5.37. The van der Waals surface area contributed by atoms with E-state index in [9.17, 15) is 4.79 Å². The van der Waals surface area contributed by atoms with Crippen LogP contribution in [0.3, 0.4) is 0 Å². The van der Waals surface area contributed by atoms with Gasteiger partial charge in [-0.2, -0.15) is 0 Å². The van der Waals surface area contributed by atoms with Crippen molar-refractivity contribution >= 4 is 27.7 Å². The Hall–Kier alpha value is -2.01. The highest BCUT2D eigenvalue weighted by atomic mass is 79.9. The zero-order valence-electron chi connectivity index (χ0n) is 13.7. The van der Waals surface area contributed by atoms with Gasteiger partial charge in [0.25, 0.3) is 0 Å². The number of carbonyl (C=O) groups is 1. The summed E-state index contributed by atoms with van der Waals surface area (Å²) < 4.78 is 11.5. The summed E-state index contributed by atoms with van der Waals surface area (Å²) in [7, 11) is 1.34. The Bertz CT molecular complexity index is 728. The quantitative estimate of drug-likeness (QED) is 0.802. The first-order valence-electron chi connectivity index (χ1n) is 7.25. The first kappa shape index (κ1) is 17.3. The predicted molar refractivity (Wildman–Crippen MR) is 95.2 cm³/mol. The fraction of sp³-hybridized carbons (Fsp3) is 0.278. The Morgan fingerprint density at radius 2 is 1.83 bits per heavy atom. The molecule has 0 fully saturated rings. The van der Waals surface area contributed by atoms with Crippen LogP contribution in [0.2, 0.25) is 0 Å². The van der Waals surface area contributed by atoms with Crippen LogP contribution in [0.25, 0.3) is 0 Å². The summed E-state index contributed by atoms with van der Waals surface area (Å²) in [5.41, 5.74) is 5.03. The molecule has 4 nitrogen and oxygen atoms in total. The van der Waals surface area contributed by atoms with Gasteiger partial charge in [0.1, 0.15) is 12.4 Å². The number of halogens is 1. The standard InChI is InChI=1S/C18H20BrNO3/c1-11-8-13(3)17(9-12(11)2)23-10-14-15(19)6-5-7-16(14)20-18(21)22-4/h5-9H,10H2,1-4H3,(H,20,21). The Balaban J connectivity index is 2.23. The van der Waals surface area contributed by atoms with Gasteiger partial charge in [0.2, 0.25) is 0 Å². The van der Waals surface area contributed by atoms with Crippen LogP contribution >= 0.6 is 15.9 Å². The summed E-state index contributed by atoms with van der Waals surface area (Å²) in [5.74, 6) is 0.841. The predicted octanol–water partition coefficient (Wildman–Crippen LogP) is 5.13. The lowest BCUT2D eigenvalue weighted by atomic mass is 10.1. The third-order valence-corrected chi connectivity index (χ3v) is 4.45. The number of amides is 1. The summed E-state index contributed by atoms with van der Waals surface area (Å²) in [5, 5.41) is 2.70. The minimum Gasteiger partial charge on any atom is -0.489 e. The van der Waals surface area contributed by atoms with Crippen molar-refractivity contribution in [2.75, 3.05) is 12.4 Å². The minimum absolute atomic E-state index is 0.337. The number of methoxy groups -OCH3 is 1. The van der Waals surface area contributed by atoms with Crippen LogP contribution in [0, 0.1) is 20.8 Å². The molecule has 122 valence electrons. The normalized spacial score (nSPS) is 10.3. The molecule has 0 spiro atoms. The van der Waals surface area contributed by atoms with Gasteiger partial charge in [0, 0.05) is 10.0 Å². The van der Waals surface area contributed by atoms with Gasteiger partial charge >= 0.3 is 6.09 Å². The van der Waals surface area contributed by atoms with Crippen molar-refractivity contribution in [1.82, 2.24) is 0 Å². The maximum Gasteiger partial charge on any atom is 0.411 e. The number of hydrogen-bond acceptors (Lipinski definition) is 3. The van der Waals surface area contributed by atoms with E-state index in [0.717, 1.165) is 21.3 Å². The number of nitrogens with one attached hydrogen (secondary N) is 1. The van der Waals surface area contributed by atoms with E-state index in [1.54, 1.807) is 0 Å². The first-order chi connectivity index (χ1) is 10.9. The molecule has 0 aliphatic heterocycles. The van der Waals surface area contributed by atoms with Crippen molar-refractivity contribution in [2.45, 2.75) is 27.4 Å². The van der Waals surface area contributed by atoms with Gasteiger partial charge in [-0.25, -0.2) is 4.79 Å². The smallest absolute Gasteiger partial charge is 0.411 e. The lowest BCUT2D eigenvalue weighted by Crippen LogP contribution is -2.13. The summed E-state index contributed by atoms with van der Waals surface area (Å²) in [4.78, 5) is 11.5. The van der Waals surface area contributed by atoms with Crippen LogP contribution in [0.5, 0.6) is 5.75 Å². The highest BCUT2D eigenvalue weighted by Gasteiger charge is 2.12. The van der Waals surface area contributed by atoms with Gasteiger partial charge in [-0.15, -0.1) is 0 Å². The average Bonchev–Trinajstić information content (AvgIpc) is 2.51. The van der Waals surface area contributed by atoms with Crippen LogP contribution < -0.4 is 10.1 Å². The molecular formula is C18H20BrNO3. The summed E-state index contributed by atoms with van der Waals surface area (Å²) in [6.07, 6.45) is -0.508. The molecule has 2 aromatic carbocycles. The molecule has 0 saturated carbocycles. The maximum atomic E-state index is 11.5. The molecule has 0 heterocycles. The van der Waals surface area contributed by atoms with Gasteiger partial charge in [0.15, 0.2) is 0 Å². The minimum atomic E-state index is -0.508. The number of rotatable bonds is 4. The highest BCUT2D eigenvalue weighted by Crippen LogP contribution is 2.28. The van der Waals surface area contributed by atoms with Crippen molar-refractivity contribution in [3.8, 4) is 5.75 Å². The van der Waals surface area contributed by atoms with Gasteiger partial charge in [0.05, 0.1) is 12.8 Å². The van der Waals surface area contributed by atoms with Crippen LogP contribution in [0.1, 0.15) is 22.3 Å². The average molecular weight is 378 g/mol. The number of hydrogen-bond donors (Lipinski definition) is 1. The first-order valence-corrected chi connectivity index (χ1v) is 8.04. The Labute approximate surface area is 144 Å². The third-order valence-electron chi connectivity index (χ3n) is 3.70. The number of benzene rings is 2. The maximum absolute atomic E-state index is 11.5. The van der Waals surface area contributed by atoms with Gasteiger partial charge < -0.3 is 9.47 Å². The molecule has 2 rings (SSSR count). The van der Waals surface area contributed by atoms with Crippen LogP contribution in [0.15, 0.2) is 34.8 Å². The van der Waals surface area contributed by atoms with E-state index in [1.807, 2.05) is 31.2 Å². The van der Waals surface area contributed by atoms with E-state index in [1.165, 1.54) is 18.2 Å². The molecule has 0 bridgehead atoms. The second kappa shape index (κ2) is 7.51.